The van der Waals surface area contributed by atoms with Crippen LogP contribution in [-0.4, -0.2) is 0 Å². The summed E-state index contributed by atoms with van der Waals surface area (Å²) in [5.74, 6) is 0. The number of hydrogen-bond donors (Lipinski definition) is 0. The summed E-state index contributed by atoms with van der Waals surface area (Å²) in [4.78, 5) is 0. The van der Waals surface area contributed by atoms with Gasteiger partial charge in [-0.1, -0.05) is 101 Å². The second-order valence-electron chi connectivity index (χ2n) is 7.05. The van der Waals surface area contributed by atoms with E-state index in [9.17, 15) is 0 Å². The predicted molar refractivity (Wildman–Crippen MR) is 119 cm³/mol. The van der Waals surface area contributed by atoms with Crippen molar-refractivity contribution in [2.45, 2.75) is 0 Å². The fourth-order valence-corrected chi connectivity index (χ4v) is 5.10. The SMILES string of the molecule is Brc1ccccc1-c1c2c3c(cccc3c3ccccc13)-c1ccccc1-2. The molecule has 1 heteroatoms. The maximum Gasteiger partial charge on any atom is 0.0254 e. The average Bonchev–Trinajstić information content (AvgIpc) is 3.05. The standard InChI is InChI=1S/C26H15Br/c27-23-15-6-5-12-22(23)25-18-10-3-1-8-16(18)19-13-7-14-20-17-9-2-4-11-21(17)26(25)24(19)20/h1-15H. The zero-order valence-corrected chi connectivity index (χ0v) is 16.1. The van der Waals surface area contributed by atoms with Gasteiger partial charge < -0.3 is 0 Å². The van der Waals surface area contributed by atoms with E-state index >= 15 is 0 Å². The van der Waals surface area contributed by atoms with E-state index in [0.29, 0.717) is 0 Å². The average molecular weight is 407 g/mol. The third-order valence-corrected chi connectivity index (χ3v) is 6.37. The molecule has 0 amide bonds. The Balaban J connectivity index is 1.95. The second-order valence-corrected chi connectivity index (χ2v) is 7.90. The monoisotopic (exact) mass is 406 g/mol. The van der Waals surface area contributed by atoms with E-state index in [4.69, 9.17) is 0 Å². The van der Waals surface area contributed by atoms with Crippen molar-refractivity contribution in [1.82, 2.24) is 0 Å². The van der Waals surface area contributed by atoms with Crippen LogP contribution in [0.5, 0.6) is 0 Å². The zero-order chi connectivity index (χ0) is 18.0. The molecular weight excluding hydrogens is 392 g/mol. The van der Waals surface area contributed by atoms with Crippen LogP contribution in [-0.2, 0) is 0 Å². The minimum absolute atomic E-state index is 1.13. The Morgan fingerprint density at radius 2 is 1.00 bits per heavy atom. The summed E-state index contributed by atoms with van der Waals surface area (Å²) in [6.45, 7) is 0. The smallest absolute Gasteiger partial charge is 0.0254 e. The highest BCUT2D eigenvalue weighted by Gasteiger charge is 2.27. The number of hydrogen-bond acceptors (Lipinski definition) is 0. The van der Waals surface area contributed by atoms with Crippen molar-refractivity contribution >= 4 is 37.5 Å². The minimum Gasteiger partial charge on any atom is -0.0616 e. The lowest BCUT2D eigenvalue weighted by Crippen LogP contribution is -1.89. The van der Waals surface area contributed by atoms with Crippen LogP contribution in [0, 0.1) is 0 Å². The van der Waals surface area contributed by atoms with Gasteiger partial charge in [-0.05, 0) is 61.0 Å². The van der Waals surface area contributed by atoms with Crippen LogP contribution in [0.4, 0.5) is 0 Å². The van der Waals surface area contributed by atoms with Gasteiger partial charge in [-0.25, -0.2) is 0 Å². The summed E-state index contributed by atoms with van der Waals surface area (Å²) in [5, 5.41) is 5.34. The molecule has 0 atom stereocenters. The Hall–Kier alpha value is -2.90. The van der Waals surface area contributed by atoms with Crippen LogP contribution in [0.15, 0.2) is 95.5 Å². The summed E-state index contributed by atoms with van der Waals surface area (Å²) in [7, 11) is 0. The number of fused-ring (bicyclic) bond motifs is 5. The molecule has 0 N–H and O–H groups in total. The van der Waals surface area contributed by atoms with Gasteiger partial charge in [-0.15, -0.1) is 0 Å². The van der Waals surface area contributed by atoms with Crippen molar-refractivity contribution in [1.29, 1.82) is 0 Å². The molecule has 0 spiro atoms. The third-order valence-electron chi connectivity index (χ3n) is 5.68. The first kappa shape index (κ1) is 15.2. The molecule has 0 fully saturated rings. The van der Waals surface area contributed by atoms with Crippen molar-refractivity contribution in [3.05, 3.63) is 95.5 Å². The van der Waals surface area contributed by atoms with Crippen LogP contribution in [0.1, 0.15) is 0 Å². The van der Waals surface area contributed by atoms with Crippen LogP contribution >= 0.6 is 15.9 Å². The molecule has 5 aromatic carbocycles. The molecule has 0 heterocycles. The van der Waals surface area contributed by atoms with Crippen molar-refractivity contribution in [2.75, 3.05) is 0 Å². The van der Waals surface area contributed by atoms with Gasteiger partial charge in [0.15, 0.2) is 0 Å². The fraction of sp³-hybridized carbons (Fsp3) is 0. The Morgan fingerprint density at radius 1 is 0.407 bits per heavy atom. The molecule has 27 heavy (non-hydrogen) atoms. The zero-order valence-electron chi connectivity index (χ0n) is 14.5. The highest BCUT2D eigenvalue weighted by atomic mass is 79.9. The highest BCUT2D eigenvalue weighted by Crippen LogP contribution is 2.54. The normalized spacial score (nSPS) is 11.9. The van der Waals surface area contributed by atoms with Crippen molar-refractivity contribution in [2.24, 2.45) is 0 Å². The van der Waals surface area contributed by atoms with E-state index in [0.717, 1.165) is 4.47 Å². The first-order valence-corrected chi connectivity index (χ1v) is 9.96. The van der Waals surface area contributed by atoms with Gasteiger partial charge in [0.05, 0.1) is 0 Å². The van der Waals surface area contributed by atoms with Crippen LogP contribution in [0.2, 0.25) is 0 Å². The molecule has 0 aliphatic heterocycles. The predicted octanol–water partition coefficient (Wildman–Crippen LogP) is 8.07. The summed E-state index contributed by atoms with van der Waals surface area (Å²) >= 11 is 3.80. The highest BCUT2D eigenvalue weighted by molar-refractivity contribution is 9.10. The molecule has 1 aliphatic carbocycles. The summed E-state index contributed by atoms with van der Waals surface area (Å²) in [6.07, 6.45) is 0. The van der Waals surface area contributed by atoms with Gasteiger partial charge in [0.2, 0.25) is 0 Å². The Kier molecular flexibility index (Phi) is 3.12. The van der Waals surface area contributed by atoms with Crippen molar-refractivity contribution < 1.29 is 0 Å². The summed E-state index contributed by atoms with van der Waals surface area (Å²) < 4.78 is 1.13. The molecule has 126 valence electrons. The molecule has 0 bridgehead atoms. The molecule has 0 saturated heterocycles. The van der Waals surface area contributed by atoms with Gasteiger partial charge in [0, 0.05) is 4.47 Å². The molecule has 6 rings (SSSR count). The van der Waals surface area contributed by atoms with Gasteiger partial charge in [0.1, 0.15) is 0 Å². The van der Waals surface area contributed by atoms with E-state index in [1.54, 1.807) is 0 Å². The van der Waals surface area contributed by atoms with Gasteiger partial charge in [-0.2, -0.15) is 0 Å². The largest absolute Gasteiger partial charge is 0.0616 e. The Labute approximate surface area is 166 Å². The topological polar surface area (TPSA) is 0 Å². The van der Waals surface area contributed by atoms with Gasteiger partial charge >= 0.3 is 0 Å². The second kappa shape index (κ2) is 5.55. The van der Waals surface area contributed by atoms with Gasteiger partial charge in [0.25, 0.3) is 0 Å². The molecule has 0 unspecified atom stereocenters. The van der Waals surface area contributed by atoms with Crippen molar-refractivity contribution in [3.63, 3.8) is 0 Å². The number of halogens is 1. The van der Waals surface area contributed by atoms with E-state index in [1.807, 2.05) is 0 Å². The van der Waals surface area contributed by atoms with E-state index in [2.05, 4.69) is 107 Å². The van der Waals surface area contributed by atoms with Gasteiger partial charge in [-0.3, -0.25) is 0 Å². The van der Waals surface area contributed by atoms with E-state index in [1.165, 1.54) is 54.9 Å². The first-order chi connectivity index (χ1) is 13.3. The summed E-state index contributed by atoms with van der Waals surface area (Å²) in [6, 6.07) is 32.9. The lowest BCUT2D eigenvalue weighted by atomic mass is 9.87. The maximum atomic E-state index is 3.80. The molecule has 1 aliphatic rings. The maximum absolute atomic E-state index is 3.80. The molecule has 0 radical (unpaired) electrons. The van der Waals surface area contributed by atoms with Crippen LogP contribution in [0.3, 0.4) is 0 Å². The Bertz CT molecular complexity index is 1380. The number of rotatable bonds is 1. The fourth-order valence-electron chi connectivity index (χ4n) is 4.62. The van der Waals surface area contributed by atoms with Crippen molar-refractivity contribution in [3.8, 4) is 33.4 Å². The van der Waals surface area contributed by atoms with E-state index < -0.39 is 0 Å². The molecule has 5 aromatic rings. The number of benzene rings is 5. The molecule has 0 aromatic heterocycles. The quantitative estimate of drug-likeness (QED) is 0.242. The van der Waals surface area contributed by atoms with E-state index in [-0.39, 0.29) is 0 Å². The molecular formula is C26H15Br. The molecule has 0 saturated carbocycles. The van der Waals surface area contributed by atoms with Crippen LogP contribution < -0.4 is 0 Å². The lowest BCUT2D eigenvalue weighted by Gasteiger charge is -2.16. The first-order valence-electron chi connectivity index (χ1n) is 9.17. The lowest BCUT2D eigenvalue weighted by molar-refractivity contribution is 1.62. The third kappa shape index (κ3) is 1.98. The van der Waals surface area contributed by atoms with Crippen LogP contribution in [0.25, 0.3) is 54.9 Å². The summed E-state index contributed by atoms with van der Waals surface area (Å²) in [5.41, 5.74) is 7.95. The molecule has 0 nitrogen and oxygen atoms in total. The minimum atomic E-state index is 1.13. The Morgan fingerprint density at radius 3 is 1.81 bits per heavy atom.